The maximum atomic E-state index is 13.5. The molecule has 1 fully saturated rings. The van der Waals surface area contributed by atoms with Crippen molar-refractivity contribution in [3.05, 3.63) is 60.0 Å². The molecule has 2 aromatic heterocycles. The van der Waals surface area contributed by atoms with Gasteiger partial charge in [-0.2, -0.15) is 4.31 Å². The monoisotopic (exact) mass is 562 g/mol. The fraction of sp³-hybridized carbons (Fsp3) is 0.385. The molecule has 0 unspecified atom stereocenters. The Morgan fingerprint density at radius 2 is 1.92 bits per heavy atom. The lowest BCUT2D eigenvalue weighted by Gasteiger charge is -2.23. The SMILES string of the molecule is CC(C)C[C@@H](NC(=O)c1cc2cc(F)c(F)cc2o1)C(=O)N[C@@H]1CCCN(S(=O)(=O)c2ccccn2)CC1=O. The van der Waals surface area contributed by atoms with Gasteiger partial charge >= 0.3 is 0 Å². The molecule has 2 atom stereocenters. The molecule has 1 aromatic carbocycles. The predicted octanol–water partition coefficient (Wildman–Crippen LogP) is 2.79. The van der Waals surface area contributed by atoms with Gasteiger partial charge in [0.25, 0.3) is 15.9 Å². The van der Waals surface area contributed by atoms with Crippen LogP contribution >= 0.6 is 0 Å². The van der Waals surface area contributed by atoms with Crippen LogP contribution in [0.2, 0.25) is 0 Å². The summed E-state index contributed by atoms with van der Waals surface area (Å²) in [6.45, 7) is 3.33. The molecule has 3 aromatic rings. The molecule has 10 nitrogen and oxygen atoms in total. The van der Waals surface area contributed by atoms with Crippen LogP contribution in [0.3, 0.4) is 0 Å². The minimum atomic E-state index is -3.99. The number of ketones is 1. The van der Waals surface area contributed by atoms with E-state index in [0.717, 1.165) is 16.4 Å². The summed E-state index contributed by atoms with van der Waals surface area (Å²) in [4.78, 5) is 42.9. The van der Waals surface area contributed by atoms with Crippen molar-refractivity contribution in [2.75, 3.05) is 13.1 Å². The normalized spacial score (nSPS) is 17.7. The number of fused-ring (bicyclic) bond motifs is 1. The van der Waals surface area contributed by atoms with Crippen LogP contribution in [-0.4, -0.2) is 60.5 Å². The first-order valence-corrected chi connectivity index (χ1v) is 13.8. The summed E-state index contributed by atoms with van der Waals surface area (Å²) >= 11 is 0. The summed E-state index contributed by atoms with van der Waals surface area (Å²) in [6, 6.07) is 5.42. The largest absolute Gasteiger partial charge is 0.451 e. The number of carbonyl (C=O) groups excluding carboxylic acids is 3. The topological polar surface area (TPSA) is 139 Å². The highest BCUT2D eigenvalue weighted by Gasteiger charge is 2.35. The van der Waals surface area contributed by atoms with Crippen molar-refractivity contribution < 1.29 is 36.0 Å². The second kappa shape index (κ2) is 11.6. The first-order valence-electron chi connectivity index (χ1n) is 12.4. The highest BCUT2D eigenvalue weighted by molar-refractivity contribution is 7.89. The minimum Gasteiger partial charge on any atom is -0.451 e. The molecule has 13 heteroatoms. The van der Waals surface area contributed by atoms with Crippen LogP contribution < -0.4 is 10.6 Å². The van der Waals surface area contributed by atoms with Gasteiger partial charge < -0.3 is 15.1 Å². The summed E-state index contributed by atoms with van der Waals surface area (Å²) in [6.07, 6.45) is 2.10. The van der Waals surface area contributed by atoms with Crippen molar-refractivity contribution in [2.45, 2.75) is 50.2 Å². The van der Waals surface area contributed by atoms with Gasteiger partial charge in [0.1, 0.15) is 11.6 Å². The molecule has 208 valence electrons. The van der Waals surface area contributed by atoms with E-state index in [0.29, 0.717) is 6.42 Å². The lowest BCUT2D eigenvalue weighted by molar-refractivity contribution is -0.129. The van der Waals surface area contributed by atoms with E-state index in [9.17, 15) is 31.6 Å². The smallest absolute Gasteiger partial charge is 0.287 e. The number of sulfonamides is 1. The lowest BCUT2D eigenvalue weighted by Crippen LogP contribution is -2.52. The van der Waals surface area contributed by atoms with Gasteiger partial charge in [0.15, 0.2) is 28.2 Å². The number of amides is 2. The highest BCUT2D eigenvalue weighted by Crippen LogP contribution is 2.23. The van der Waals surface area contributed by atoms with Crippen molar-refractivity contribution in [3.63, 3.8) is 0 Å². The molecule has 0 saturated carbocycles. The molecule has 1 saturated heterocycles. The quantitative estimate of drug-likeness (QED) is 0.431. The average molecular weight is 563 g/mol. The van der Waals surface area contributed by atoms with Crippen LogP contribution in [0.15, 0.2) is 52.0 Å². The molecular weight excluding hydrogens is 534 g/mol. The average Bonchev–Trinajstić information content (AvgIpc) is 3.20. The van der Waals surface area contributed by atoms with Crippen molar-refractivity contribution in [1.29, 1.82) is 0 Å². The van der Waals surface area contributed by atoms with E-state index in [1.807, 2.05) is 13.8 Å². The Hall–Kier alpha value is -3.71. The number of furan rings is 1. The second-order valence-electron chi connectivity index (χ2n) is 9.75. The number of aromatic nitrogens is 1. The molecule has 1 aliphatic rings. The van der Waals surface area contributed by atoms with Crippen LogP contribution in [0.5, 0.6) is 0 Å². The van der Waals surface area contributed by atoms with Crippen LogP contribution in [0.4, 0.5) is 8.78 Å². The third-order valence-electron chi connectivity index (χ3n) is 6.29. The molecule has 0 bridgehead atoms. The number of carbonyl (C=O) groups is 3. The number of hydrogen-bond donors (Lipinski definition) is 2. The molecule has 0 radical (unpaired) electrons. The third-order valence-corrected chi connectivity index (χ3v) is 8.05. The van der Waals surface area contributed by atoms with Gasteiger partial charge in [-0.1, -0.05) is 19.9 Å². The standard InChI is InChI=1S/C26H28F2N4O6S/c1-15(2)10-20(31-26(35)23-12-16-11-17(27)18(28)13-22(16)38-23)25(34)30-19-6-5-9-32(14-21(19)33)39(36,37)24-7-3-4-8-29-24/h3-4,7-8,11-13,15,19-20H,5-6,9-10,14H2,1-2H3,(H,30,34)(H,31,35)/t19-,20-/m1/s1. The Kier molecular flexibility index (Phi) is 8.40. The zero-order chi connectivity index (χ0) is 28.3. The molecule has 0 aliphatic carbocycles. The van der Waals surface area contributed by atoms with Crippen LogP contribution in [0.25, 0.3) is 11.0 Å². The van der Waals surface area contributed by atoms with Crippen molar-refractivity contribution >= 4 is 38.6 Å². The number of pyridine rings is 1. The zero-order valence-electron chi connectivity index (χ0n) is 21.3. The maximum Gasteiger partial charge on any atom is 0.287 e. The van der Waals surface area contributed by atoms with Crippen LogP contribution in [0.1, 0.15) is 43.7 Å². The van der Waals surface area contributed by atoms with E-state index in [1.165, 1.54) is 24.4 Å². The Bertz CT molecular complexity index is 1450. The zero-order valence-corrected chi connectivity index (χ0v) is 22.1. The number of hydrogen-bond acceptors (Lipinski definition) is 7. The molecule has 39 heavy (non-hydrogen) atoms. The number of nitrogens with one attached hydrogen (secondary N) is 2. The summed E-state index contributed by atoms with van der Waals surface area (Å²) < 4.78 is 59.3. The number of nitrogens with zero attached hydrogens (tertiary/aromatic N) is 2. The van der Waals surface area contributed by atoms with Crippen LogP contribution in [-0.2, 0) is 19.6 Å². The minimum absolute atomic E-state index is 0.0243. The van der Waals surface area contributed by atoms with Crippen molar-refractivity contribution in [3.8, 4) is 0 Å². The third kappa shape index (κ3) is 6.48. The Morgan fingerprint density at radius 3 is 2.62 bits per heavy atom. The first-order chi connectivity index (χ1) is 18.5. The van der Waals surface area contributed by atoms with Crippen LogP contribution in [0, 0.1) is 17.6 Å². The van der Waals surface area contributed by atoms with E-state index in [4.69, 9.17) is 4.42 Å². The Balaban J connectivity index is 1.45. The molecule has 3 heterocycles. The Labute approximate surface area is 223 Å². The fourth-order valence-corrected chi connectivity index (χ4v) is 5.71. The Morgan fingerprint density at radius 1 is 1.18 bits per heavy atom. The maximum absolute atomic E-state index is 13.5. The number of rotatable bonds is 8. The van der Waals surface area contributed by atoms with E-state index in [-0.39, 0.29) is 47.1 Å². The predicted molar refractivity (Wildman–Crippen MR) is 136 cm³/mol. The molecule has 2 N–H and O–H groups in total. The summed E-state index contributed by atoms with van der Waals surface area (Å²) in [5.74, 6) is -4.36. The number of Topliss-reactive ketones (excluding diaryl/α,β-unsaturated/α-hetero) is 1. The molecule has 4 rings (SSSR count). The summed E-state index contributed by atoms with van der Waals surface area (Å²) in [5.41, 5.74) is -0.0295. The van der Waals surface area contributed by atoms with Gasteiger partial charge in [-0.25, -0.2) is 22.2 Å². The van der Waals surface area contributed by atoms with E-state index in [1.54, 1.807) is 6.07 Å². The van der Waals surface area contributed by atoms with Gasteiger partial charge in [0, 0.05) is 24.2 Å². The second-order valence-corrected chi connectivity index (χ2v) is 11.6. The van der Waals surface area contributed by atoms with E-state index >= 15 is 0 Å². The van der Waals surface area contributed by atoms with Crippen molar-refractivity contribution in [2.24, 2.45) is 5.92 Å². The van der Waals surface area contributed by atoms with E-state index in [2.05, 4.69) is 15.6 Å². The van der Waals surface area contributed by atoms with Gasteiger partial charge in [-0.3, -0.25) is 14.4 Å². The van der Waals surface area contributed by atoms with Gasteiger partial charge in [-0.05, 0) is 49.4 Å². The van der Waals surface area contributed by atoms with E-state index < -0.39 is 57.9 Å². The van der Waals surface area contributed by atoms with Gasteiger partial charge in [-0.15, -0.1) is 0 Å². The molecule has 0 spiro atoms. The van der Waals surface area contributed by atoms with Gasteiger partial charge in [0.2, 0.25) is 5.91 Å². The lowest BCUT2D eigenvalue weighted by atomic mass is 10.0. The fourth-order valence-electron chi connectivity index (χ4n) is 4.34. The molecule has 2 amide bonds. The van der Waals surface area contributed by atoms with Crippen molar-refractivity contribution in [1.82, 2.24) is 19.9 Å². The first kappa shape index (κ1) is 28.3. The summed E-state index contributed by atoms with van der Waals surface area (Å²) in [7, 11) is -3.99. The number of halogens is 2. The molecular formula is C26H28F2N4O6S. The number of benzene rings is 1. The van der Waals surface area contributed by atoms with Gasteiger partial charge in [0.05, 0.1) is 12.6 Å². The summed E-state index contributed by atoms with van der Waals surface area (Å²) in [5, 5.41) is 5.23. The molecule has 1 aliphatic heterocycles. The highest BCUT2D eigenvalue weighted by atomic mass is 32.2.